The molecule has 0 aromatic carbocycles. The van der Waals surface area contributed by atoms with Crippen molar-refractivity contribution >= 4 is 11.9 Å². The Morgan fingerprint density at radius 2 is 0.746 bits per heavy atom. The van der Waals surface area contributed by atoms with E-state index in [2.05, 4.69) is 43.5 Å². The van der Waals surface area contributed by atoms with Gasteiger partial charge in [-0.05, 0) is 77.0 Å². The van der Waals surface area contributed by atoms with Crippen LogP contribution in [0.25, 0.3) is 0 Å². The van der Waals surface area contributed by atoms with Crippen LogP contribution in [-0.4, -0.2) is 47.4 Å². The Bertz CT molecular complexity index is 982. The zero-order valence-electron chi connectivity index (χ0n) is 42.3. The Balaban J connectivity index is 3.50. The van der Waals surface area contributed by atoms with Gasteiger partial charge in [-0.2, -0.15) is 0 Å². The molecule has 63 heavy (non-hydrogen) atoms. The summed E-state index contributed by atoms with van der Waals surface area (Å²) in [6.07, 6.45) is 63.0. The number of aliphatic hydroxyl groups is 2. The first-order chi connectivity index (χ1) is 31.0. The smallest absolute Gasteiger partial charge is 0.305 e. The summed E-state index contributed by atoms with van der Waals surface area (Å²) in [5, 5.41) is 23.3. The summed E-state index contributed by atoms with van der Waals surface area (Å²) in [5.41, 5.74) is 0. The standard InChI is InChI=1S/C57H109NO5/c1-3-5-7-9-11-13-15-17-19-20-21-22-23-25-29-33-37-41-45-49-55(60)54(53-59)58-56(61)50-46-42-38-34-30-26-24-28-32-36-40-44-48-52-63-57(62)51-47-43-39-35-31-27-18-16-14-12-10-8-6-4-2/h16,18,26,30,54-55,59-60H,3-15,17,19-25,27-29,31-53H2,1-2H3,(H,58,61)/b18-16-,30-26-. The number of hydrogen-bond donors (Lipinski definition) is 3. The first-order valence-electron chi connectivity index (χ1n) is 28.1. The van der Waals surface area contributed by atoms with Gasteiger partial charge in [0.25, 0.3) is 0 Å². The van der Waals surface area contributed by atoms with Crippen LogP contribution in [0.1, 0.15) is 303 Å². The summed E-state index contributed by atoms with van der Waals surface area (Å²) in [6.45, 7) is 4.91. The summed E-state index contributed by atoms with van der Waals surface area (Å²) in [4.78, 5) is 24.5. The fourth-order valence-electron chi connectivity index (χ4n) is 8.63. The molecule has 0 spiro atoms. The fourth-order valence-corrected chi connectivity index (χ4v) is 8.63. The molecule has 6 heteroatoms. The van der Waals surface area contributed by atoms with E-state index in [0.717, 1.165) is 70.6 Å². The zero-order chi connectivity index (χ0) is 45.8. The van der Waals surface area contributed by atoms with Gasteiger partial charge in [0.2, 0.25) is 5.91 Å². The van der Waals surface area contributed by atoms with Crippen molar-refractivity contribution in [2.75, 3.05) is 13.2 Å². The highest BCUT2D eigenvalue weighted by Gasteiger charge is 2.20. The number of aliphatic hydroxyl groups excluding tert-OH is 2. The molecular weight excluding hydrogens is 779 g/mol. The number of esters is 1. The number of rotatable bonds is 52. The largest absolute Gasteiger partial charge is 0.466 e. The second-order valence-corrected chi connectivity index (χ2v) is 19.3. The lowest BCUT2D eigenvalue weighted by Crippen LogP contribution is -2.45. The summed E-state index contributed by atoms with van der Waals surface area (Å²) >= 11 is 0. The summed E-state index contributed by atoms with van der Waals surface area (Å²) in [7, 11) is 0. The normalized spacial score (nSPS) is 12.8. The lowest BCUT2D eigenvalue weighted by molar-refractivity contribution is -0.143. The number of amides is 1. The monoisotopic (exact) mass is 888 g/mol. The van der Waals surface area contributed by atoms with E-state index in [-0.39, 0.29) is 18.5 Å². The van der Waals surface area contributed by atoms with E-state index >= 15 is 0 Å². The molecule has 0 aliphatic heterocycles. The highest BCUT2D eigenvalue weighted by Crippen LogP contribution is 2.17. The second kappa shape index (κ2) is 53.0. The molecule has 372 valence electrons. The Hall–Kier alpha value is -1.66. The Morgan fingerprint density at radius 1 is 0.429 bits per heavy atom. The average molecular weight is 889 g/mol. The molecule has 0 aliphatic carbocycles. The lowest BCUT2D eigenvalue weighted by atomic mass is 10.0. The van der Waals surface area contributed by atoms with Gasteiger partial charge >= 0.3 is 5.97 Å². The van der Waals surface area contributed by atoms with Crippen LogP contribution in [0.3, 0.4) is 0 Å². The molecule has 0 fully saturated rings. The zero-order valence-corrected chi connectivity index (χ0v) is 42.3. The Morgan fingerprint density at radius 3 is 1.14 bits per heavy atom. The minimum atomic E-state index is -0.682. The van der Waals surface area contributed by atoms with E-state index < -0.39 is 12.1 Å². The predicted octanol–water partition coefficient (Wildman–Crippen LogP) is 17.1. The van der Waals surface area contributed by atoms with Gasteiger partial charge in [-0.25, -0.2) is 0 Å². The molecule has 0 rings (SSSR count). The molecule has 1 amide bonds. The Labute approximate surface area is 392 Å². The van der Waals surface area contributed by atoms with Gasteiger partial charge in [0.15, 0.2) is 0 Å². The number of nitrogens with one attached hydrogen (secondary N) is 1. The fraction of sp³-hybridized carbons (Fsp3) is 0.895. The molecule has 0 aromatic rings. The summed E-state index contributed by atoms with van der Waals surface area (Å²) in [6, 6.07) is -0.562. The number of ether oxygens (including phenoxy) is 1. The van der Waals surface area contributed by atoms with Gasteiger partial charge in [0.1, 0.15) is 0 Å². The molecule has 0 radical (unpaired) electrons. The third-order valence-corrected chi connectivity index (χ3v) is 13.0. The van der Waals surface area contributed by atoms with Crippen molar-refractivity contribution in [2.24, 2.45) is 0 Å². The third kappa shape index (κ3) is 49.6. The van der Waals surface area contributed by atoms with Crippen LogP contribution in [0.4, 0.5) is 0 Å². The Kier molecular flexibility index (Phi) is 51.6. The maximum Gasteiger partial charge on any atom is 0.305 e. The van der Waals surface area contributed by atoms with Crippen LogP contribution in [0.2, 0.25) is 0 Å². The van der Waals surface area contributed by atoms with Crippen molar-refractivity contribution in [3.05, 3.63) is 24.3 Å². The quantitative estimate of drug-likeness (QED) is 0.0321. The van der Waals surface area contributed by atoms with Crippen molar-refractivity contribution in [3.63, 3.8) is 0 Å². The van der Waals surface area contributed by atoms with Gasteiger partial charge in [-0.3, -0.25) is 9.59 Å². The van der Waals surface area contributed by atoms with Gasteiger partial charge in [0, 0.05) is 12.8 Å². The van der Waals surface area contributed by atoms with Crippen molar-refractivity contribution in [1.29, 1.82) is 0 Å². The molecule has 2 atom stereocenters. The van der Waals surface area contributed by atoms with Gasteiger partial charge < -0.3 is 20.3 Å². The molecular formula is C57H109NO5. The van der Waals surface area contributed by atoms with Crippen molar-refractivity contribution < 1.29 is 24.5 Å². The highest BCUT2D eigenvalue weighted by atomic mass is 16.5. The van der Waals surface area contributed by atoms with Crippen molar-refractivity contribution in [3.8, 4) is 0 Å². The second-order valence-electron chi connectivity index (χ2n) is 19.3. The predicted molar refractivity (Wildman–Crippen MR) is 273 cm³/mol. The molecule has 0 saturated heterocycles. The molecule has 0 aliphatic rings. The number of hydrogen-bond acceptors (Lipinski definition) is 5. The number of carbonyl (C=O) groups is 2. The minimum absolute atomic E-state index is 0.0207. The van der Waals surface area contributed by atoms with Gasteiger partial charge in [-0.15, -0.1) is 0 Å². The SMILES string of the molecule is CCCCCCC/C=C\CCCCCCCC(=O)OCCCCCCCC/C=C\CCCCCC(=O)NC(CO)C(O)CCCCCCCCCCCCCCCCCCCCC. The average Bonchev–Trinajstić information content (AvgIpc) is 3.28. The number of allylic oxidation sites excluding steroid dienone is 4. The van der Waals surface area contributed by atoms with Crippen LogP contribution in [0.15, 0.2) is 24.3 Å². The molecule has 2 unspecified atom stereocenters. The topological polar surface area (TPSA) is 95.9 Å². The van der Waals surface area contributed by atoms with E-state index in [0.29, 0.717) is 25.9 Å². The molecule has 0 aromatic heterocycles. The van der Waals surface area contributed by atoms with Crippen LogP contribution in [-0.2, 0) is 14.3 Å². The van der Waals surface area contributed by atoms with E-state index in [9.17, 15) is 19.8 Å². The third-order valence-electron chi connectivity index (χ3n) is 13.0. The minimum Gasteiger partial charge on any atom is -0.466 e. The number of carbonyl (C=O) groups excluding carboxylic acids is 2. The van der Waals surface area contributed by atoms with Crippen LogP contribution >= 0.6 is 0 Å². The maximum absolute atomic E-state index is 12.5. The number of unbranched alkanes of at least 4 members (excludes halogenated alkanes) is 37. The van der Waals surface area contributed by atoms with Crippen LogP contribution in [0.5, 0.6) is 0 Å². The molecule has 0 saturated carbocycles. The van der Waals surface area contributed by atoms with E-state index in [1.54, 1.807) is 0 Å². The molecule has 0 heterocycles. The maximum atomic E-state index is 12.5. The van der Waals surface area contributed by atoms with Crippen molar-refractivity contribution in [2.45, 2.75) is 315 Å². The molecule has 3 N–H and O–H groups in total. The first-order valence-corrected chi connectivity index (χ1v) is 28.1. The first kappa shape index (κ1) is 61.3. The van der Waals surface area contributed by atoms with Gasteiger partial charge in [-0.1, -0.05) is 237 Å². The van der Waals surface area contributed by atoms with Gasteiger partial charge in [0.05, 0.1) is 25.4 Å². The molecule has 0 bridgehead atoms. The molecule has 6 nitrogen and oxygen atoms in total. The van der Waals surface area contributed by atoms with E-state index in [4.69, 9.17) is 4.74 Å². The van der Waals surface area contributed by atoms with E-state index in [1.807, 2.05) is 0 Å². The highest BCUT2D eigenvalue weighted by molar-refractivity contribution is 5.76. The van der Waals surface area contributed by atoms with Crippen LogP contribution in [0, 0.1) is 0 Å². The summed E-state index contributed by atoms with van der Waals surface area (Å²) in [5.74, 6) is -0.0840. The van der Waals surface area contributed by atoms with E-state index in [1.165, 1.54) is 199 Å². The van der Waals surface area contributed by atoms with Crippen LogP contribution < -0.4 is 5.32 Å². The van der Waals surface area contributed by atoms with Crippen molar-refractivity contribution in [1.82, 2.24) is 5.32 Å². The lowest BCUT2D eigenvalue weighted by Gasteiger charge is -2.22. The summed E-state index contributed by atoms with van der Waals surface area (Å²) < 4.78 is 5.45.